The number of hydrogen-bond donors (Lipinski definition) is 0. The van der Waals surface area contributed by atoms with Crippen LogP contribution in [0.25, 0.3) is 0 Å². The molecule has 0 aromatic heterocycles. The summed E-state index contributed by atoms with van der Waals surface area (Å²) in [6.45, 7) is 1.11. The number of nitrogens with zero attached hydrogens (tertiary/aromatic N) is 1. The molecule has 1 aliphatic rings. The van der Waals surface area contributed by atoms with E-state index in [1.807, 2.05) is 24.3 Å². The van der Waals surface area contributed by atoms with Gasteiger partial charge in [-0.3, -0.25) is 0 Å². The molecular formula is C17H13Cl2NO2. The lowest BCUT2D eigenvalue weighted by Crippen LogP contribution is -2.15. The third-order valence-electron chi connectivity index (χ3n) is 3.55. The highest BCUT2D eigenvalue weighted by Gasteiger charge is 2.16. The van der Waals surface area contributed by atoms with E-state index in [-0.39, 0.29) is 5.92 Å². The fraction of sp³-hybridized carbons (Fsp3) is 0.235. The van der Waals surface area contributed by atoms with Crippen LogP contribution in [-0.4, -0.2) is 13.2 Å². The van der Waals surface area contributed by atoms with Gasteiger partial charge in [-0.25, -0.2) is 0 Å². The Hall–Kier alpha value is -1.89. The highest BCUT2D eigenvalue weighted by Crippen LogP contribution is 2.33. The third kappa shape index (κ3) is 3.14. The van der Waals surface area contributed by atoms with Crippen LogP contribution >= 0.6 is 23.2 Å². The molecule has 0 amide bonds. The molecule has 2 aromatic rings. The first-order valence-corrected chi connectivity index (χ1v) is 7.66. The SMILES string of the molecule is N#CC(Cc1ccc2c(c1)OCCO2)c1ccc(Cl)c(Cl)c1. The fourth-order valence-electron chi connectivity index (χ4n) is 2.42. The van der Waals surface area contributed by atoms with Crippen molar-refractivity contribution in [1.82, 2.24) is 0 Å². The van der Waals surface area contributed by atoms with Crippen molar-refractivity contribution in [3.05, 3.63) is 57.6 Å². The van der Waals surface area contributed by atoms with E-state index in [1.54, 1.807) is 12.1 Å². The van der Waals surface area contributed by atoms with Gasteiger partial charge in [0.05, 0.1) is 22.0 Å². The first kappa shape index (κ1) is 15.0. The lowest BCUT2D eigenvalue weighted by molar-refractivity contribution is 0.171. The molecule has 1 atom stereocenters. The van der Waals surface area contributed by atoms with Crippen LogP contribution < -0.4 is 9.47 Å². The van der Waals surface area contributed by atoms with Crippen LogP contribution in [0.15, 0.2) is 36.4 Å². The number of hydrogen-bond acceptors (Lipinski definition) is 3. The van der Waals surface area contributed by atoms with Gasteiger partial charge in [0, 0.05) is 0 Å². The van der Waals surface area contributed by atoms with Crippen LogP contribution in [0.3, 0.4) is 0 Å². The molecule has 0 spiro atoms. The summed E-state index contributed by atoms with van der Waals surface area (Å²) in [5.41, 5.74) is 1.87. The second-order valence-electron chi connectivity index (χ2n) is 5.04. The molecule has 1 unspecified atom stereocenters. The van der Waals surface area contributed by atoms with Crippen molar-refractivity contribution < 1.29 is 9.47 Å². The van der Waals surface area contributed by atoms with Crippen molar-refractivity contribution in [2.75, 3.05) is 13.2 Å². The average molecular weight is 334 g/mol. The molecule has 0 fully saturated rings. The number of fused-ring (bicyclic) bond motifs is 1. The summed E-state index contributed by atoms with van der Waals surface area (Å²) in [6, 6.07) is 13.4. The van der Waals surface area contributed by atoms with Crippen molar-refractivity contribution in [3.8, 4) is 17.6 Å². The zero-order valence-electron chi connectivity index (χ0n) is 11.7. The van der Waals surface area contributed by atoms with Gasteiger partial charge in [0.15, 0.2) is 11.5 Å². The van der Waals surface area contributed by atoms with Gasteiger partial charge in [-0.05, 0) is 41.8 Å². The van der Waals surface area contributed by atoms with Crippen LogP contribution in [0.4, 0.5) is 0 Å². The minimum atomic E-state index is -0.294. The Balaban J connectivity index is 1.83. The molecular weight excluding hydrogens is 321 g/mol. The maximum atomic E-state index is 9.46. The maximum Gasteiger partial charge on any atom is 0.161 e. The lowest BCUT2D eigenvalue weighted by Gasteiger charge is -2.19. The number of halogens is 2. The van der Waals surface area contributed by atoms with E-state index in [9.17, 15) is 5.26 Å². The molecule has 112 valence electrons. The molecule has 22 heavy (non-hydrogen) atoms. The third-order valence-corrected chi connectivity index (χ3v) is 4.29. The Morgan fingerprint density at radius 2 is 1.77 bits per heavy atom. The molecule has 0 N–H and O–H groups in total. The van der Waals surface area contributed by atoms with Gasteiger partial charge in [-0.2, -0.15) is 5.26 Å². The van der Waals surface area contributed by atoms with E-state index in [4.69, 9.17) is 32.7 Å². The smallest absolute Gasteiger partial charge is 0.161 e. The van der Waals surface area contributed by atoms with Gasteiger partial charge in [0.2, 0.25) is 0 Å². The summed E-state index contributed by atoms with van der Waals surface area (Å²) in [7, 11) is 0. The highest BCUT2D eigenvalue weighted by molar-refractivity contribution is 6.42. The van der Waals surface area contributed by atoms with Gasteiger partial charge in [0.25, 0.3) is 0 Å². The van der Waals surface area contributed by atoms with Crippen molar-refractivity contribution in [2.24, 2.45) is 0 Å². The predicted molar refractivity (Wildman–Crippen MR) is 86.0 cm³/mol. The van der Waals surface area contributed by atoms with Gasteiger partial charge < -0.3 is 9.47 Å². The van der Waals surface area contributed by atoms with Crippen molar-refractivity contribution in [1.29, 1.82) is 5.26 Å². The van der Waals surface area contributed by atoms with Gasteiger partial charge in [0.1, 0.15) is 13.2 Å². The zero-order valence-corrected chi connectivity index (χ0v) is 13.2. The van der Waals surface area contributed by atoms with Gasteiger partial charge in [-0.1, -0.05) is 35.3 Å². The number of nitriles is 1. The van der Waals surface area contributed by atoms with Gasteiger partial charge in [-0.15, -0.1) is 0 Å². The Kier molecular flexibility index (Phi) is 4.42. The summed E-state index contributed by atoms with van der Waals surface area (Å²) in [5.74, 6) is 1.19. The van der Waals surface area contributed by atoms with Crippen LogP contribution in [0.1, 0.15) is 17.0 Å². The molecule has 0 saturated heterocycles. The van der Waals surface area contributed by atoms with Crippen LogP contribution in [0.2, 0.25) is 10.0 Å². The average Bonchev–Trinajstić information content (AvgIpc) is 2.55. The fourth-order valence-corrected chi connectivity index (χ4v) is 2.72. The quantitative estimate of drug-likeness (QED) is 0.823. The van der Waals surface area contributed by atoms with E-state index in [0.29, 0.717) is 29.7 Å². The maximum absolute atomic E-state index is 9.46. The summed E-state index contributed by atoms with van der Waals surface area (Å²) in [5, 5.41) is 10.4. The number of ether oxygens (including phenoxy) is 2. The largest absolute Gasteiger partial charge is 0.486 e. The van der Waals surface area contributed by atoms with Crippen molar-refractivity contribution in [2.45, 2.75) is 12.3 Å². The second kappa shape index (κ2) is 6.48. The molecule has 5 heteroatoms. The molecule has 1 heterocycles. The second-order valence-corrected chi connectivity index (χ2v) is 5.85. The summed E-state index contributed by atoms with van der Waals surface area (Å²) < 4.78 is 11.1. The van der Waals surface area contributed by atoms with E-state index in [0.717, 1.165) is 22.6 Å². The first-order valence-electron chi connectivity index (χ1n) is 6.90. The lowest BCUT2D eigenvalue weighted by atomic mass is 9.93. The highest BCUT2D eigenvalue weighted by atomic mass is 35.5. The zero-order chi connectivity index (χ0) is 15.5. The van der Waals surface area contributed by atoms with Gasteiger partial charge >= 0.3 is 0 Å². The minimum Gasteiger partial charge on any atom is -0.486 e. The van der Waals surface area contributed by atoms with Crippen molar-refractivity contribution >= 4 is 23.2 Å². The molecule has 3 rings (SSSR count). The summed E-state index contributed by atoms with van der Waals surface area (Å²) in [6.07, 6.45) is 0.575. The Morgan fingerprint density at radius 1 is 1.00 bits per heavy atom. The first-order chi connectivity index (χ1) is 10.7. The molecule has 2 aromatic carbocycles. The summed E-state index contributed by atoms with van der Waals surface area (Å²) >= 11 is 12.0. The minimum absolute atomic E-state index is 0.294. The normalized spacial score (nSPS) is 14.2. The van der Waals surface area contributed by atoms with Crippen molar-refractivity contribution in [3.63, 3.8) is 0 Å². The van der Waals surface area contributed by atoms with Crippen LogP contribution in [0, 0.1) is 11.3 Å². The van der Waals surface area contributed by atoms with E-state index >= 15 is 0 Å². The summed E-state index contributed by atoms with van der Waals surface area (Å²) in [4.78, 5) is 0. The monoisotopic (exact) mass is 333 g/mol. The standard InChI is InChI=1S/C17H13Cl2NO2/c18-14-3-2-12(9-15(14)19)13(10-20)7-11-1-4-16-17(8-11)22-6-5-21-16/h1-4,8-9,13H,5-7H2. The molecule has 0 aliphatic carbocycles. The number of benzene rings is 2. The van der Waals surface area contributed by atoms with E-state index < -0.39 is 0 Å². The Labute approximate surface area is 139 Å². The predicted octanol–water partition coefficient (Wildman–Crippen LogP) is 4.61. The Bertz CT molecular complexity index is 740. The van der Waals surface area contributed by atoms with E-state index in [1.165, 1.54) is 0 Å². The van der Waals surface area contributed by atoms with Crippen LogP contribution in [0.5, 0.6) is 11.5 Å². The number of rotatable bonds is 3. The molecule has 0 radical (unpaired) electrons. The molecule has 1 aliphatic heterocycles. The Morgan fingerprint density at radius 3 is 2.50 bits per heavy atom. The molecule has 0 saturated carbocycles. The molecule has 0 bridgehead atoms. The molecule has 3 nitrogen and oxygen atoms in total. The van der Waals surface area contributed by atoms with Crippen LogP contribution in [-0.2, 0) is 6.42 Å². The van der Waals surface area contributed by atoms with E-state index in [2.05, 4.69) is 6.07 Å². The topological polar surface area (TPSA) is 42.2 Å².